The molecule has 6 nitrogen and oxygen atoms in total. The lowest BCUT2D eigenvalue weighted by molar-refractivity contribution is -0.481. The summed E-state index contributed by atoms with van der Waals surface area (Å²) in [5, 5.41) is 10.8. The fourth-order valence-corrected chi connectivity index (χ4v) is 2.10. The van der Waals surface area contributed by atoms with Gasteiger partial charge >= 0.3 is 0 Å². The van der Waals surface area contributed by atoms with Crippen molar-refractivity contribution >= 4 is 5.78 Å². The Balaban J connectivity index is 2.43. The molecule has 1 heterocycles. The number of carbonyl (C=O) groups excluding carboxylic acids is 1. The number of ketones is 1. The van der Waals surface area contributed by atoms with Gasteiger partial charge in [-0.3, -0.25) is 14.9 Å². The molecule has 2 rings (SSSR count). The highest BCUT2D eigenvalue weighted by Gasteiger charge is 2.36. The molecular formula is C13H13NO5. The van der Waals surface area contributed by atoms with E-state index in [4.69, 9.17) is 9.47 Å². The van der Waals surface area contributed by atoms with Crippen LogP contribution in [-0.4, -0.2) is 31.0 Å². The molecule has 1 aromatic carbocycles. The van der Waals surface area contributed by atoms with Gasteiger partial charge in [0.1, 0.15) is 0 Å². The zero-order valence-electron chi connectivity index (χ0n) is 10.4. The number of hydrogen-bond donors (Lipinski definition) is 0. The molecule has 1 aliphatic rings. The highest BCUT2D eigenvalue weighted by atomic mass is 16.7. The fourth-order valence-electron chi connectivity index (χ4n) is 2.10. The standard InChI is InChI=1S/C13H13NO5/c1-18-13-12(11(15)8-19-13)10(7-14(16)17)9-5-3-2-4-6-9/h2-6,10H,7-8H2,1H3. The quantitative estimate of drug-likeness (QED) is 0.594. The Morgan fingerprint density at radius 2 is 2.11 bits per heavy atom. The van der Waals surface area contributed by atoms with Crippen LogP contribution in [0.3, 0.4) is 0 Å². The number of nitrogens with zero attached hydrogens (tertiary/aromatic N) is 1. The Labute approximate surface area is 109 Å². The monoisotopic (exact) mass is 263 g/mol. The molecular weight excluding hydrogens is 250 g/mol. The van der Waals surface area contributed by atoms with Crippen LogP contribution in [0.5, 0.6) is 0 Å². The van der Waals surface area contributed by atoms with Gasteiger partial charge in [-0.1, -0.05) is 30.3 Å². The van der Waals surface area contributed by atoms with E-state index in [0.29, 0.717) is 5.56 Å². The number of Topliss-reactive ketones (excluding diaryl/α,β-unsaturated/α-hetero) is 1. The number of ether oxygens (including phenoxy) is 2. The van der Waals surface area contributed by atoms with Crippen molar-refractivity contribution in [1.82, 2.24) is 0 Å². The summed E-state index contributed by atoms with van der Waals surface area (Å²) in [6.45, 7) is -0.499. The Kier molecular flexibility index (Phi) is 3.79. The molecule has 0 radical (unpaired) electrons. The van der Waals surface area contributed by atoms with Gasteiger partial charge in [-0.2, -0.15) is 0 Å². The summed E-state index contributed by atoms with van der Waals surface area (Å²) in [5.41, 5.74) is 0.938. The van der Waals surface area contributed by atoms with Gasteiger partial charge in [-0.25, -0.2) is 0 Å². The molecule has 19 heavy (non-hydrogen) atoms. The number of hydrogen-bond acceptors (Lipinski definition) is 5. The molecule has 1 aromatic rings. The van der Waals surface area contributed by atoms with E-state index in [0.717, 1.165) is 0 Å². The van der Waals surface area contributed by atoms with Crippen LogP contribution in [0.15, 0.2) is 41.9 Å². The molecule has 1 atom stereocenters. The maximum absolute atomic E-state index is 11.9. The van der Waals surface area contributed by atoms with Gasteiger partial charge in [0.05, 0.1) is 18.6 Å². The Hall–Kier alpha value is -2.37. The summed E-state index contributed by atoms with van der Waals surface area (Å²) >= 11 is 0. The first-order chi connectivity index (χ1) is 9.13. The Morgan fingerprint density at radius 1 is 1.42 bits per heavy atom. The SMILES string of the molecule is COC1=C(C(C[N+](=O)[O-])c2ccccc2)C(=O)CO1. The third kappa shape index (κ3) is 2.73. The average Bonchev–Trinajstić information content (AvgIpc) is 2.78. The predicted molar refractivity (Wildman–Crippen MR) is 66.0 cm³/mol. The Bertz CT molecular complexity index is 523. The van der Waals surface area contributed by atoms with Gasteiger partial charge in [0.2, 0.25) is 12.3 Å². The number of benzene rings is 1. The van der Waals surface area contributed by atoms with Gasteiger partial charge in [-0.05, 0) is 5.56 Å². The molecule has 0 saturated carbocycles. The summed E-state index contributed by atoms with van der Waals surface area (Å²) in [5.74, 6) is -0.839. The van der Waals surface area contributed by atoms with E-state index < -0.39 is 10.8 Å². The first-order valence-electron chi connectivity index (χ1n) is 5.74. The van der Waals surface area contributed by atoms with Crippen molar-refractivity contribution in [2.24, 2.45) is 0 Å². The summed E-state index contributed by atoms with van der Waals surface area (Å²) in [6.07, 6.45) is 0. The molecule has 1 unspecified atom stereocenters. The van der Waals surface area contributed by atoms with Gasteiger partial charge in [0.25, 0.3) is 5.95 Å². The maximum atomic E-state index is 11.9. The topological polar surface area (TPSA) is 78.7 Å². The van der Waals surface area contributed by atoms with E-state index in [-0.39, 0.29) is 30.5 Å². The summed E-state index contributed by atoms with van der Waals surface area (Å²) in [7, 11) is 1.38. The molecule has 0 N–H and O–H groups in total. The van der Waals surface area contributed by atoms with Gasteiger partial charge in [0, 0.05) is 4.92 Å². The molecule has 0 saturated heterocycles. The van der Waals surface area contributed by atoms with Crippen LogP contribution in [0.1, 0.15) is 11.5 Å². The van der Waals surface area contributed by atoms with E-state index in [1.54, 1.807) is 24.3 Å². The number of carbonyl (C=O) groups is 1. The van der Waals surface area contributed by atoms with E-state index in [1.165, 1.54) is 7.11 Å². The second kappa shape index (κ2) is 5.51. The first kappa shape index (κ1) is 13.1. The van der Waals surface area contributed by atoms with Crippen molar-refractivity contribution < 1.29 is 19.2 Å². The van der Waals surface area contributed by atoms with Gasteiger partial charge in [-0.15, -0.1) is 0 Å². The predicted octanol–water partition coefficient (Wildman–Crippen LogP) is 1.50. The zero-order chi connectivity index (χ0) is 13.8. The molecule has 0 aliphatic carbocycles. The lowest BCUT2D eigenvalue weighted by Gasteiger charge is -2.13. The summed E-state index contributed by atoms with van der Waals surface area (Å²) < 4.78 is 10.1. The summed E-state index contributed by atoms with van der Waals surface area (Å²) in [4.78, 5) is 22.2. The van der Waals surface area contributed by atoms with Crippen LogP contribution in [-0.2, 0) is 14.3 Å². The van der Waals surface area contributed by atoms with Gasteiger partial charge < -0.3 is 9.47 Å². The van der Waals surface area contributed by atoms with Crippen molar-refractivity contribution in [2.45, 2.75) is 5.92 Å². The maximum Gasteiger partial charge on any atom is 0.287 e. The van der Waals surface area contributed by atoms with Crippen molar-refractivity contribution in [1.29, 1.82) is 0 Å². The minimum Gasteiger partial charge on any atom is -0.468 e. The van der Waals surface area contributed by atoms with Crippen LogP contribution < -0.4 is 0 Å². The number of nitro groups is 1. The van der Waals surface area contributed by atoms with Crippen LogP contribution in [0, 0.1) is 10.1 Å². The van der Waals surface area contributed by atoms with Crippen LogP contribution in [0.2, 0.25) is 0 Å². The molecule has 0 bridgehead atoms. The lowest BCUT2D eigenvalue weighted by atomic mass is 9.90. The zero-order valence-corrected chi connectivity index (χ0v) is 10.4. The van der Waals surface area contributed by atoms with Crippen molar-refractivity contribution in [3.8, 4) is 0 Å². The molecule has 0 fully saturated rings. The second-order valence-electron chi connectivity index (χ2n) is 4.10. The molecule has 0 amide bonds. The number of rotatable bonds is 5. The lowest BCUT2D eigenvalue weighted by Crippen LogP contribution is -2.19. The third-order valence-corrected chi connectivity index (χ3v) is 2.92. The van der Waals surface area contributed by atoms with Crippen molar-refractivity contribution in [3.05, 3.63) is 57.5 Å². The fraction of sp³-hybridized carbons (Fsp3) is 0.308. The van der Waals surface area contributed by atoms with Crippen molar-refractivity contribution in [2.75, 3.05) is 20.3 Å². The third-order valence-electron chi connectivity index (χ3n) is 2.92. The van der Waals surface area contributed by atoms with Crippen LogP contribution >= 0.6 is 0 Å². The minimum atomic E-state index is -0.652. The molecule has 100 valence electrons. The highest BCUT2D eigenvalue weighted by Crippen LogP contribution is 2.32. The smallest absolute Gasteiger partial charge is 0.287 e. The molecule has 1 aliphatic heterocycles. The van der Waals surface area contributed by atoms with E-state index in [1.807, 2.05) is 6.07 Å². The van der Waals surface area contributed by atoms with E-state index >= 15 is 0 Å². The molecule has 0 aromatic heterocycles. The van der Waals surface area contributed by atoms with Crippen LogP contribution in [0.4, 0.5) is 0 Å². The molecule has 6 heteroatoms. The van der Waals surface area contributed by atoms with E-state index in [9.17, 15) is 14.9 Å². The van der Waals surface area contributed by atoms with E-state index in [2.05, 4.69) is 0 Å². The van der Waals surface area contributed by atoms with Gasteiger partial charge in [0.15, 0.2) is 6.61 Å². The van der Waals surface area contributed by atoms with Crippen molar-refractivity contribution in [3.63, 3.8) is 0 Å². The normalized spacial score (nSPS) is 16.2. The second-order valence-corrected chi connectivity index (χ2v) is 4.10. The first-order valence-corrected chi connectivity index (χ1v) is 5.74. The summed E-state index contributed by atoms with van der Waals surface area (Å²) in [6, 6.07) is 8.86. The average molecular weight is 263 g/mol. The number of methoxy groups -OCH3 is 1. The van der Waals surface area contributed by atoms with Crippen LogP contribution in [0.25, 0.3) is 0 Å². The Morgan fingerprint density at radius 3 is 2.68 bits per heavy atom. The minimum absolute atomic E-state index is 0.0840. The largest absolute Gasteiger partial charge is 0.468 e. The molecule has 0 spiro atoms. The highest BCUT2D eigenvalue weighted by molar-refractivity contribution is 5.99.